The van der Waals surface area contributed by atoms with Crippen LogP contribution in [0, 0.1) is 0 Å². The van der Waals surface area contributed by atoms with E-state index in [0.717, 1.165) is 12.1 Å². The lowest BCUT2D eigenvalue weighted by Gasteiger charge is -2.34. The third kappa shape index (κ3) is 5.41. The Balaban J connectivity index is 1.82. The van der Waals surface area contributed by atoms with Crippen molar-refractivity contribution in [1.29, 1.82) is 0 Å². The topological polar surface area (TPSA) is 107 Å². The number of aromatic nitrogens is 4. The van der Waals surface area contributed by atoms with Crippen LogP contribution in [0.5, 0.6) is 0 Å². The van der Waals surface area contributed by atoms with Gasteiger partial charge < -0.3 is 14.7 Å². The molecule has 1 aliphatic heterocycles. The number of carbonyl (C=O) groups excluding carboxylic acids is 1. The van der Waals surface area contributed by atoms with Gasteiger partial charge in [0.15, 0.2) is 5.82 Å². The van der Waals surface area contributed by atoms with Gasteiger partial charge in [0.25, 0.3) is 5.60 Å². The first kappa shape index (κ1) is 25.7. The fourth-order valence-electron chi connectivity index (χ4n) is 3.47. The molecule has 1 aromatic heterocycles. The van der Waals surface area contributed by atoms with Crippen LogP contribution >= 0.6 is 0 Å². The molecule has 0 atom stereocenters. The number of rotatable bonds is 7. The zero-order chi connectivity index (χ0) is 25.0. The van der Waals surface area contributed by atoms with Gasteiger partial charge in [-0.25, -0.2) is 4.79 Å². The number of H-pyrrole nitrogens is 1. The summed E-state index contributed by atoms with van der Waals surface area (Å²) in [5, 5.41) is 23.0. The summed E-state index contributed by atoms with van der Waals surface area (Å²) in [4.78, 5) is 15.8. The van der Waals surface area contributed by atoms with Crippen molar-refractivity contribution in [3.8, 4) is 0 Å². The molecule has 0 aliphatic carbocycles. The summed E-state index contributed by atoms with van der Waals surface area (Å²) in [6.07, 6.45) is -10.5. The zero-order valence-corrected chi connectivity index (χ0v) is 17.7. The molecule has 1 saturated heterocycles. The smallest absolute Gasteiger partial charge is 0.378 e. The quantitative estimate of drug-likeness (QED) is 0.451. The molecular weight excluding hydrogens is 474 g/mol. The number of anilines is 1. The molecule has 34 heavy (non-hydrogen) atoms. The van der Waals surface area contributed by atoms with Crippen LogP contribution in [0.1, 0.15) is 24.2 Å². The summed E-state index contributed by atoms with van der Waals surface area (Å²) < 4.78 is 84.2. The molecule has 0 unspecified atom stereocenters. The van der Waals surface area contributed by atoms with Crippen molar-refractivity contribution in [3.63, 3.8) is 0 Å². The van der Waals surface area contributed by atoms with E-state index in [9.17, 15) is 36.2 Å². The van der Waals surface area contributed by atoms with Crippen LogP contribution in [0.4, 0.5) is 36.8 Å². The third-order valence-electron chi connectivity index (χ3n) is 5.35. The molecule has 2 amide bonds. The largest absolute Gasteiger partial charge is 0.430 e. The molecule has 3 rings (SSSR count). The minimum Gasteiger partial charge on any atom is -0.378 e. The number of aromatic amines is 1. The standard InChI is InChI=1S/C19H22F6N6O3/c20-18(21,22)17(33,19(23,24)25)13-4-6-14(7-5-13)31(16(32)30-9-11-34-12-10-30)8-2-1-3-15-26-28-29-27-15/h4-7,33H,1-3,8-12H2,(H,26,27,28,29). The van der Waals surface area contributed by atoms with Gasteiger partial charge in [-0.2, -0.15) is 31.6 Å². The van der Waals surface area contributed by atoms with Gasteiger partial charge >= 0.3 is 18.4 Å². The second-order valence-electron chi connectivity index (χ2n) is 7.57. The van der Waals surface area contributed by atoms with Crippen molar-refractivity contribution in [3.05, 3.63) is 35.7 Å². The third-order valence-corrected chi connectivity index (χ3v) is 5.35. The number of amides is 2. The van der Waals surface area contributed by atoms with Crippen molar-refractivity contribution >= 4 is 11.7 Å². The zero-order valence-electron chi connectivity index (χ0n) is 17.7. The summed E-state index contributed by atoms with van der Waals surface area (Å²) in [6.45, 7) is 1.33. The van der Waals surface area contributed by atoms with E-state index in [1.807, 2.05) is 0 Å². The lowest BCUT2D eigenvalue weighted by molar-refractivity contribution is -0.376. The van der Waals surface area contributed by atoms with E-state index in [4.69, 9.17) is 4.74 Å². The number of urea groups is 1. The second kappa shape index (κ2) is 10.1. The number of benzene rings is 1. The maximum atomic E-state index is 13.2. The Labute approximate surface area is 189 Å². The number of nitrogens with one attached hydrogen (secondary N) is 1. The number of nitrogens with zero attached hydrogens (tertiary/aromatic N) is 5. The number of tetrazole rings is 1. The monoisotopic (exact) mass is 496 g/mol. The molecular formula is C19H22F6N6O3. The molecule has 0 bridgehead atoms. The Hall–Kier alpha value is -2.94. The fraction of sp³-hybridized carbons (Fsp3) is 0.579. The van der Waals surface area contributed by atoms with E-state index in [1.165, 1.54) is 9.80 Å². The van der Waals surface area contributed by atoms with Gasteiger partial charge in [0.2, 0.25) is 0 Å². The summed E-state index contributed by atoms with van der Waals surface area (Å²) in [5.41, 5.74) is -6.35. The van der Waals surface area contributed by atoms with E-state index >= 15 is 0 Å². The average Bonchev–Trinajstić information content (AvgIpc) is 3.31. The molecule has 2 aromatic rings. The Morgan fingerprint density at radius 1 is 1.06 bits per heavy atom. The summed E-state index contributed by atoms with van der Waals surface area (Å²) >= 11 is 0. The number of aryl methyl sites for hydroxylation is 1. The fourth-order valence-corrected chi connectivity index (χ4v) is 3.47. The normalized spacial score (nSPS) is 15.4. The number of hydrogen-bond donors (Lipinski definition) is 2. The summed E-state index contributed by atoms with van der Waals surface area (Å²) in [5.74, 6) is 0.467. The number of aliphatic hydroxyl groups is 1. The Bertz CT molecular complexity index is 915. The van der Waals surface area contributed by atoms with Crippen LogP contribution in [0.15, 0.2) is 24.3 Å². The van der Waals surface area contributed by atoms with Crippen LogP contribution in [0.25, 0.3) is 0 Å². The van der Waals surface area contributed by atoms with Crippen molar-refractivity contribution < 1.29 is 41.0 Å². The number of carbonyl (C=O) groups is 1. The maximum Gasteiger partial charge on any atom is 0.430 e. The van der Waals surface area contributed by atoms with E-state index in [2.05, 4.69) is 20.6 Å². The maximum absolute atomic E-state index is 13.2. The van der Waals surface area contributed by atoms with Crippen molar-refractivity contribution in [2.45, 2.75) is 37.2 Å². The highest BCUT2D eigenvalue weighted by Gasteiger charge is 2.71. The summed E-state index contributed by atoms with van der Waals surface area (Å²) in [6, 6.07) is 2.49. The average molecular weight is 496 g/mol. The molecule has 0 spiro atoms. The number of ether oxygens (including phenoxy) is 1. The highest BCUT2D eigenvalue weighted by Crippen LogP contribution is 2.50. The van der Waals surface area contributed by atoms with Gasteiger partial charge in [0.05, 0.1) is 13.2 Å². The molecule has 15 heteroatoms. The number of hydrogen-bond acceptors (Lipinski definition) is 6. The van der Waals surface area contributed by atoms with Gasteiger partial charge in [-0.15, -0.1) is 10.2 Å². The van der Waals surface area contributed by atoms with Gasteiger partial charge in [-0.3, -0.25) is 4.90 Å². The molecule has 0 saturated carbocycles. The van der Waals surface area contributed by atoms with Gasteiger partial charge in [-0.05, 0) is 25.0 Å². The van der Waals surface area contributed by atoms with Crippen molar-refractivity contribution in [1.82, 2.24) is 25.5 Å². The van der Waals surface area contributed by atoms with E-state index in [1.54, 1.807) is 0 Å². The molecule has 1 aliphatic rings. The van der Waals surface area contributed by atoms with E-state index in [-0.39, 0.29) is 25.3 Å². The van der Waals surface area contributed by atoms with Crippen LogP contribution in [0.3, 0.4) is 0 Å². The predicted octanol–water partition coefficient (Wildman–Crippen LogP) is 2.79. The molecule has 0 radical (unpaired) electrons. The molecule has 2 heterocycles. The van der Waals surface area contributed by atoms with E-state index in [0.29, 0.717) is 50.4 Å². The van der Waals surface area contributed by atoms with Gasteiger partial charge in [0.1, 0.15) is 0 Å². The number of halogens is 6. The van der Waals surface area contributed by atoms with Crippen molar-refractivity contribution in [2.24, 2.45) is 0 Å². The number of morpholine rings is 1. The lowest BCUT2D eigenvalue weighted by atomic mass is 9.92. The van der Waals surface area contributed by atoms with Gasteiger partial charge in [-0.1, -0.05) is 17.3 Å². The highest BCUT2D eigenvalue weighted by atomic mass is 19.4. The van der Waals surface area contributed by atoms with E-state index < -0.39 is 29.5 Å². The Kier molecular flexibility index (Phi) is 7.65. The first-order chi connectivity index (χ1) is 15.9. The minimum absolute atomic E-state index is 0.0894. The Morgan fingerprint density at radius 3 is 2.21 bits per heavy atom. The first-order valence-corrected chi connectivity index (χ1v) is 10.3. The molecule has 188 valence electrons. The second-order valence-corrected chi connectivity index (χ2v) is 7.57. The Morgan fingerprint density at radius 2 is 1.68 bits per heavy atom. The predicted molar refractivity (Wildman–Crippen MR) is 105 cm³/mol. The molecule has 1 aromatic carbocycles. The SMILES string of the molecule is O=C(N1CCOCC1)N(CCCCc1nn[nH]n1)c1ccc(C(O)(C(F)(F)F)C(F)(F)F)cc1. The lowest BCUT2D eigenvalue weighted by Crippen LogP contribution is -2.54. The number of unbranched alkanes of at least 4 members (excludes halogenated alkanes) is 1. The molecule has 1 fully saturated rings. The van der Waals surface area contributed by atoms with Crippen LogP contribution in [-0.4, -0.2) is 81.9 Å². The summed E-state index contributed by atoms with van der Waals surface area (Å²) in [7, 11) is 0. The minimum atomic E-state index is -5.99. The highest BCUT2D eigenvalue weighted by molar-refractivity contribution is 5.92. The van der Waals surface area contributed by atoms with Crippen molar-refractivity contribution in [2.75, 3.05) is 37.7 Å². The number of alkyl halides is 6. The first-order valence-electron chi connectivity index (χ1n) is 10.3. The van der Waals surface area contributed by atoms with Crippen LogP contribution < -0.4 is 4.90 Å². The van der Waals surface area contributed by atoms with Gasteiger partial charge in [0, 0.05) is 37.3 Å². The van der Waals surface area contributed by atoms with Crippen LogP contribution in [0.2, 0.25) is 0 Å². The van der Waals surface area contributed by atoms with Crippen LogP contribution in [-0.2, 0) is 16.8 Å². The molecule has 2 N–H and O–H groups in total. The molecule has 9 nitrogen and oxygen atoms in total.